The maximum Gasteiger partial charge on any atom is 0.0946 e. The summed E-state index contributed by atoms with van der Waals surface area (Å²) in [6, 6.07) is 4.44. The van der Waals surface area contributed by atoms with Crippen molar-refractivity contribution in [1.29, 1.82) is 0 Å². The first-order valence-corrected chi connectivity index (χ1v) is 6.64. The van der Waals surface area contributed by atoms with Crippen LogP contribution in [-0.2, 0) is 13.1 Å². The van der Waals surface area contributed by atoms with Crippen LogP contribution < -0.4 is 5.32 Å². The summed E-state index contributed by atoms with van der Waals surface area (Å²) in [6.45, 7) is 8.52. The molecule has 2 aromatic heterocycles. The monoisotopic (exact) mass is 258 g/mol. The Bertz CT molecular complexity index is 471. The summed E-state index contributed by atoms with van der Waals surface area (Å²) >= 11 is 0. The van der Waals surface area contributed by atoms with E-state index >= 15 is 0 Å². The minimum atomic E-state index is 0.187. The Morgan fingerprint density at radius 1 is 1.26 bits per heavy atom. The molecule has 2 heterocycles. The maximum absolute atomic E-state index is 4.15. The number of nitrogens with one attached hydrogen (secondary N) is 1. The standard InChI is InChI=1S/C15H22N4/c1-15(2,3)14(11-19-8-7-17-12-19)18-10-13-5-4-6-16-9-13/h4-9,12,14,18H,10-11H2,1-3H3. The molecule has 0 saturated carbocycles. The van der Waals surface area contributed by atoms with Crippen LogP contribution in [0.15, 0.2) is 43.2 Å². The molecule has 0 aromatic carbocycles. The van der Waals surface area contributed by atoms with E-state index in [0.29, 0.717) is 6.04 Å². The van der Waals surface area contributed by atoms with Crippen molar-refractivity contribution >= 4 is 0 Å². The minimum Gasteiger partial charge on any atom is -0.336 e. The molecule has 102 valence electrons. The Morgan fingerprint density at radius 2 is 2.11 bits per heavy atom. The first kappa shape index (κ1) is 13.7. The lowest BCUT2D eigenvalue weighted by Crippen LogP contribution is -2.42. The third kappa shape index (κ3) is 4.17. The molecule has 0 radical (unpaired) electrons. The van der Waals surface area contributed by atoms with Gasteiger partial charge < -0.3 is 9.88 Å². The van der Waals surface area contributed by atoms with Crippen molar-refractivity contribution in [2.75, 3.05) is 0 Å². The van der Waals surface area contributed by atoms with E-state index in [0.717, 1.165) is 13.1 Å². The van der Waals surface area contributed by atoms with Gasteiger partial charge in [-0.05, 0) is 17.0 Å². The Morgan fingerprint density at radius 3 is 2.68 bits per heavy atom. The average molecular weight is 258 g/mol. The highest BCUT2D eigenvalue weighted by Crippen LogP contribution is 2.21. The van der Waals surface area contributed by atoms with Crippen molar-refractivity contribution in [3.8, 4) is 0 Å². The largest absolute Gasteiger partial charge is 0.336 e. The van der Waals surface area contributed by atoms with Crippen molar-refractivity contribution in [2.45, 2.75) is 39.9 Å². The number of hydrogen-bond donors (Lipinski definition) is 1. The molecule has 0 bridgehead atoms. The van der Waals surface area contributed by atoms with Crippen molar-refractivity contribution in [3.05, 3.63) is 48.8 Å². The van der Waals surface area contributed by atoms with Crippen LogP contribution in [-0.4, -0.2) is 20.6 Å². The first-order chi connectivity index (χ1) is 9.05. The van der Waals surface area contributed by atoms with Gasteiger partial charge in [0, 0.05) is 43.9 Å². The molecule has 0 aliphatic carbocycles. The molecule has 2 rings (SSSR count). The maximum atomic E-state index is 4.15. The minimum absolute atomic E-state index is 0.187. The van der Waals surface area contributed by atoms with Gasteiger partial charge in [-0.15, -0.1) is 0 Å². The van der Waals surface area contributed by atoms with E-state index in [9.17, 15) is 0 Å². The van der Waals surface area contributed by atoms with Gasteiger partial charge >= 0.3 is 0 Å². The summed E-state index contributed by atoms with van der Waals surface area (Å²) in [5.41, 5.74) is 1.40. The highest BCUT2D eigenvalue weighted by atomic mass is 15.1. The van der Waals surface area contributed by atoms with Crippen molar-refractivity contribution in [2.24, 2.45) is 5.41 Å². The van der Waals surface area contributed by atoms with Crippen LogP contribution in [0.2, 0.25) is 0 Å². The smallest absolute Gasteiger partial charge is 0.0946 e. The van der Waals surface area contributed by atoms with Crippen LogP contribution >= 0.6 is 0 Å². The highest BCUT2D eigenvalue weighted by molar-refractivity contribution is 5.08. The molecular formula is C15H22N4. The summed E-state index contributed by atoms with van der Waals surface area (Å²) in [5, 5.41) is 3.63. The van der Waals surface area contributed by atoms with Crippen molar-refractivity contribution in [3.63, 3.8) is 0 Å². The number of nitrogens with zero attached hydrogens (tertiary/aromatic N) is 3. The van der Waals surface area contributed by atoms with E-state index < -0.39 is 0 Å². The first-order valence-electron chi connectivity index (χ1n) is 6.64. The molecule has 0 aliphatic rings. The number of hydrogen-bond acceptors (Lipinski definition) is 3. The van der Waals surface area contributed by atoms with Gasteiger partial charge in [0.1, 0.15) is 0 Å². The molecule has 0 aliphatic heterocycles. The zero-order valence-electron chi connectivity index (χ0n) is 11.9. The molecule has 0 amide bonds. The molecule has 1 unspecified atom stereocenters. The number of imidazole rings is 1. The van der Waals surface area contributed by atoms with Crippen LogP contribution in [0.25, 0.3) is 0 Å². The summed E-state index contributed by atoms with van der Waals surface area (Å²) in [7, 11) is 0. The lowest BCUT2D eigenvalue weighted by Gasteiger charge is -2.32. The molecule has 4 nitrogen and oxygen atoms in total. The van der Waals surface area contributed by atoms with Crippen molar-refractivity contribution in [1.82, 2.24) is 19.9 Å². The second kappa shape index (κ2) is 5.97. The summed E-state index contributed by atoms with van der Waals surface area (Å²) in [5.74, 6) is 0. The van der Waals surface area contributed by atoms with E-state index in [1.807, 2.05) is 31.0 Å². The molecule has 1 atom stereocenters. The second-order valence-corrected chi connectivity index (χ2v) is 5.92. The fraction of sp³-hybridized carbons (Fsp3) is 0.467. The van der Waals surface area contributed by atoms with Crippen LogP contribution in [0.5, 0.6) is 0 Å². The predicted molar refractivity (Wildman–Crippen MR) is 76.5 cm³/mol. The van der Waals surface area contributed by atoms with E-state index in [1.165, 1.54) is 5.56 Å². The quantitative estimate of drug-likeness (QED) is 0.896. The molecule has 0 saturated heterocycles. The Hall–Kier alpha value is -1.68. The third-order valence-electron chi connectivity index (χ3n) is 3.27. The van der Waals surface area contributed by atoms with Crippen molar-refractivity contribution < 1.29 is 0 Å². The summed E-state index contributed by atoms with van der Waals surface area (Å²) < 4.78 is 2.12. The number of rotatable bonds is 5. The Labute approximate surface area is 114 Å². The lowest BCUT2D eigenvalue weighted by molar-refractivity contribution is 0.240. The lowest BCUT2D eigenvalue weighted by atomic mass is 9.86. The molecule has 0 spiro atoms. The molecule has 0 fully saturated rings. The SMILES string of the molecule is CC(C)(C)C(Cn1ccnc1)NCc1cccnc1. The molecule has 19 heavy (non-hydrogen) atoms. The summed E-state index contributed by atoms with van der Waals surface area (Å²) in [6.07, 6.45) is 9.40. The van der Waals surface area contributed by atoms with E-state index in [1.54, 1.807) is 6.20 Å². The molecule has 2 aromatic rings. The van der Waals surface area contributed by atoms with E-state index in [4.69, 9.17) is 0 Å². The molecular weight excluding hydrogens is 236 g/mol. The topological polar surface area (TPSA) is 42.7 Å². The third-order valence-corrected chi connectivity index (χ3v) is 3.27. The summed E-state index contributed by atoms with van der Waals surface area (Å²) in [4.78, 5) is 8.25. The zero-order chi connectivity index (χ0) is 13.7. The zero-order valence-corrected chi connectivity index (χ0v) is 11.9. The molecule has 4 heteroatoms. The fourth-order valence-electron chi connectivity index (χ4n) is 1.99. The predicted octanol–water partition coefficient (Wildman–Crippen LogP) is 2.48. The average Bonchev–Trinajstić information content (AvgIpc) is 2.87. The van der Waals surface area contributed by atoms with Crippen LogP contribution in [0.3, 0.4) is 0 Å². The second-order valence-electron chi connectivity index (χ2n) is 5.92. The van der Waals surface area contributed by atoms with Gasteiger partial charge in [-0.2, -0.15) is 0 Å². The van der Waals surface area contributed by atoms with Gasteiger partial charge in [-0.3, -0.25) is 4.98 Å². The Kier molecular flexibility index (Phi) is 4.32. The van der Waals surface area contributed by atoms with Gasteiger partial charge in [-0.1, -0.05) is 26.8 Å². The van der Waals surface area contributed by atoms with Gasteiger partial charge in [0.25, 0.3) is 0 Å². The van der Waals surface area contributed by atoms with E-state index in [2.05, 4.69) is 46.7 Å². The normalized spacial score (nSPS) is 13.4. The van der Waals surface area contributed by atoms with Gasteiger partial charge in [0.15, 0.2) is 0 Å². The van der Waals surface area contributed by atoms with Crippen LogP contribution in [0, 0.1) is 5.41 Å². The fourth-order valence-corrected chi connectivity index (χ4v) is 1.99. The Balaban J connectivity index is 1.99. The molecule has 1 N–H and O–H groups in total. The van der Waals surface area contributed by atoms with E-state index in [-0.39, 0.29) is 5.41 Å². The highest BCUT2D eigenvalue weighted by Gasteiger charge is 2.24. The van der Waals surface area contributed by atoms with Crippen LogP contribution in [0.1, 0.15) is 26.3 Å². The number of pyridine rings is 1. The van der Waals surface area contributed by atoms with Gasteiger partial charge in [0.05, 0.1) is 6.33 Å². The van der Waals surface area contributed by atoms with Gasteiger partial charge in [-0.25, -0.2) is 4.98 Å². The number of aromatic nitrogens is 3. The van der Waals surface area contributed by atoms with Crippen LogP contribution in [0.4, 0.5) is 0 Å². The van der Waals surface area contributed by atoms with Gasteiger partial charge in [0.2, 0.25) is 0 Å².